The van der Waals surface area contributed by atoms with E-state index in [2.05, 4.69) is 9.97 Å². The number of carbonyl (C=O) groups is 1. The first kappa shape index (κ1) is 15.6. The van der Waals surface area contributed by atoms with E-state index in [0.29, 0.717) is 5.82 Å². The van der Waals surface area contributed by atoms with Crippen molar-refractivity contribution >= 4 is 23.5 Å². The molecule has 1 aromatic carbocycles. The lowest BCUT2D eigenvalue weighted by atomic mass is 9.91. The molecule has 1 aromatic heterocycles. The average molecular weight is 334 g/mol. The lowest BCUT2D eigenvalue weighted by Crippen LogP contribution is -2.34. The second kappa shape index (κ2) is 5.70. The molecule has 1 unspecified atom stereocenters. The van der Waals surface area contributed by atoms with Gasteiger partial charge in [0.15, 0.2) is 0 Å². The first-order chi connectivity index (χ1) is 10.9. The topological polar surface area (TPSA) is 64.5 Å². The third-order valence-corrected chi connectivity index (χ3v) is 3.94. The molecule has 120 valence electrons. The van der Waals surface area contributed by atoms with Crippen LogP contribution in [0, 0.1) is 0 Å². The third kappa shape index (κ3) is 2.82. The van der Waals surface area contributed by atoms with Crippen LogP contribution in [0.2, 0.25) is 5.28 Å². The van der Waals surface area contributed by atoms with E-state index < -0.39 is 11.7 Å². The van der Waals surface area contributed by atoms with Gasteiger partial charge in [-0.05, 0) is 49.2 Å². The molecule has 0 spiro atoms. The summed E-state index contributed by atoms with van der Waals surface area (Å²) in [6.07, 6.45) is 1.04. The van der Waals surface area contributed by atoms with Crippen LogP contribution in [0.5, 0.6) is 5.75 Å². The fraction of sp³-hybridized carbons (Fsp3) is 0.312. The molecular weight excluding hydrogens is 318 g/mol. The Balaban J connectivity index is 2.06. The van der Waals surface area contributed by atoms with Gasteiger partial charge in [0, 0.05) is 6.20 Å². The molecule has 1 fully saturated rings. The van der Waals surface area contributed by atoms with Crippen molar-refractivity contribution in [2.24, 2.45) is 0 Å². The van der Waals surface area contributed by atoms with Crippen molar-refractivity contribution in [1.82, 2.24) is 9.97 Å². The molecule has 1 atom stereocenters. The van der Waals surface area contributed by atoms with Crippen molar-refractivity contribution in [2.45, 2.75) is 25.5 Å². The molecule has 3 rings (SSSR count). The Labute approximate surface area is 139 Å². The van der Waals surface area contributed by atoms with Gasteiger partial charge < -0.3 is 9.47 Å². The number of amides is 1. The number of aromatic nitrogens is 2. The second-order valence-electron chi connectivity index (χ2n) is 5.70. The summed E-state index contributed by atoms with van der Waals surface area (Å²) in [4.78, 5) is 21.9. The van der Waals surface area contributed by atoms with Crippen molar-refractivity contribution in [3.63, 3.8) is 0 Å². The minimum absolute atomic E-state index is 0.0773. The summed E-state index contributed by atoms with van der Waals surface area (Å²) in [6.45, 7) is 3.73. The standard InChI is InChI=1S/C16H16ClN3O3/c1-16(2)13(10-4-6-11(22-3)7-5-10)20(15(21)23-16)12-8-9-18-14(17)19-12/h4-9,13H,1-3H3. The third-order valence-electron chi connectivity index (χ3n) is 3.75. The van der Waals surface area contributed by atoms with Gasteiger partial charge >= 0.3 is 6.09 Å². The minimum atomic E-state index is -0.719. The molecular formula is C16H16ClN3O3. The minimum Gasteiger partial charge on any atom is -0.497 e. The van der Waals surface area contributed by atoms with Crippen LogP contribution >= 0.6 is 11.6 Å². The summed E-state index contributed by atoms with van der Waals surface area (Å²) < 4.78 is 10.7. The quantitative estimate of drug-likeness (QED) is 0.803. The molecule has 0 aliphatic carbocycles. The van der Waals surface area contributed by atoms with Gasteiger partial charge in [-0.3, -0.25) is 0 Å². The van der Waals surface area contributed by atoms with E-state index in [-0.39, 0.29) is 11.3 Å². The number of anilines is 1. The molecule has 0 radical (unpaired) electrons. The highest BCUT2D eigenvalue weighted by Crippen LogP contribution is 2.43. The van der Waals surface area contributed by atoms with Gasteiger partial charge in [-0.1, -0.05) is 12.1 Å². The Kier molecular flexibility index (Phi) is 3.85. The number of benzene rings is 1. The first-order valence-electron chi connectivity index (χ1n) is 7.07. The number of nitrogens with zero attached hydrogens (tertiary/aromatic N) is 3. The SMILES string of the molecule is COc1ccc(C2N(c3ccnc(Cl)n3)C(=O)OC2(C)C)cc1. The lowest BCUT2D eigenvalue weighted by Gasteiger charge is -2.28. The van der Waals surface area contributed by atoms with E-state index >= 15 is 0 Å². The zero-order chi connectivity index (χ0) is 16.6. The Hall–Kier alpha value is -2.34. The van der Waals surface area contributed by atoms with Crippen LogP contribution < -0.4 is 9.64 Å². The van der Waals surface area contributed by atoms with Gasteiger partial charge in [0.05, 0.1) is 7.11 Å². The fourth-order valence-corrected chi connectivity index (χ4v) is 2.91. The van der Waals surface area contributed by atoms with Crippen LogP contribution in [0.4, 0.5) is 10.6 Å². The number of hydrogen-bond acceptors (Lipinski definition) is 5. The molecule has 1 aliphatic rings. The molecule has 2 heterocycles. The highest BCUT2D eigenvalue weighted by molar-refractivity contribution is 6.28. The number of carbonyl (C=O) groups excluding carboxylic acids is 1. The molecule has 23 heavy (non-hydrogen) atoms. The Morgan fingerprint density at radius 2 is 1.96 bits per heavy atom. The Bertz CT molecular complexity index is 734. The number of hydrogen-bond donors (Lipinski definition) is 0. The van der Waals surface area contributed by atoms with Gasteiger partial charge in [-0.2, -0.15) is 0 Å². The highest BCUT2D eigenvalue weighted by atomic mass is 35.5. The summed E-state index contributed by atoms with van der Waals surface area (Å²) in [5, 5.41) is 0.0773. The van der Waals surface area contributed by atoms with Crippen molar-refractivity contribution in [2.75, 3.05) is 12.0 Å². The summed E-state index contributed by atoms with van der Waals surface area (Å²) in [7, 11) is 1.61. The van der Waals surface area contributed by atoms with Gasteiger partial charge in [0.1, 0.15) is 23.2 Å². The molecule has 7 heteroatoms. The second-order valence-corrected chi connectivity index (χ2v) is 6.04. The smallest absolute Gasteiger partial charge is 0.416 e. The van der Waals surface area contributed by atoms with E-state index in [0.717, 1.165) is 11.3 Å². The van der Waals surface area contributed by atoms with Crippen LogP contribution in [0.3, 0.4) is 0 Å². The zero-order valence-electron chi connectivity index (χ0n) is 13.0. The van der Waals surface area contributed by atoms with Crippen molar-refractivity contribution in [3.05, 3.63) is 47.4 Å². The van der Waals surface area contributed by atoms with Crippen molar-refractivity contribution < 1.29 is 14.3 Å². The summed E-state index contributed by atoms with van der Waals surface area (Å²) in [5.41, 5.74) is 0.194. The maximum Gasteiger partial charge on any atom is 0.416 e. The van der Waals surface area contributed by atoms with E-state index in [1.165, 1.54) is 11.1 Å². The predicted octanol–water partition coefficient (Wildman–Crippen LogP) is 3.62. The van der Waals surface area contributed by atoms with E-state index in [1.807, 2.05) is 38.1 Å². The van der Waals surface area contributed by atoms with Crippen molar-refractivity contribution in [1.29, 1.82) is 0 Å². The number of rotatable bonds is 3. The van der Waals surface area contributed by atoms with Gasteiger partial charge in [0.25, 0.3) is 0 Å². The normalized spacial score (nSPS) is 19.6. The molecule has 1 saturated heterocycles. The summed E-state index contributed by atoms with van der Waals surface area (Å²) >= 11 is 5.86. The molecule has 0 N–H and O–H groups in total. The first-order valence-corrected chi connectivity index (χ1v) is 7.45. The zero-order valence-corrected chi connectivity index (χ0v) is 13.7. The van der Waals surface area contributed by atoms with Crippen LogP contribution in [0.25, 0.3) is 0 Å². The van der Waals surface area contributed by atoms with Crippen molar-refractivity contribution in [3.8, 4) is 5.75 Å². The lowest BCUT2D eigenvalue weighted by molar-refractivity contribution is 0.0685. The molecule has 2 aromatic rings. The number of ether oxygens (including phenoxy) is 2. The summed E-state index contributed by atoms with van der Waals surface area (Å²) in [5.74, 6) is 1.15. The van der Waals surface area contributed by atoms with Crippen LogP contribution in [0.1, 0.15) is 25.5 Å². The van der Waals surface area contributed by atoms with Gasteiger partial charge in [0.2, 0.25) is 5.28 Å². The molecule has 1 aliphatic heterocycles. The summed E-state index contributed by atoms with van der Waals surface area (Å²) in [6, 6.07) is 8.79. The van der Waals surface area contributed by atoms with E-state index in [4.69, 9.17) is 21.1 Å². The fourth-order valence-electron chi connectivity index (χ4n) is 2.77. The van der Waals surface area contributed by atoms with E-state index in [1.54, 1.807) is 13.2 Å². The van der Waals surface area contributed by atoms with Gasteiger partial charge in [-0.25, -0.2) is 19.7 Å². The largest absolute Gasteiger partial charge is 0.497 e. The number of methoxy groups -OCH3 is 1. The molecule has 1 amide bonds. The average Bonchev–Trinajstić information content (AvgIpc) is 2.76. The molecule has 0 saturated carbocycles. The monoisotopic (exact) mass is 333 g/mol. The maximum absolute atomic E-state index is 12.4. The van der Waals surface area contributed by atoms with Gasteiger partial charge in [-0.15, -0.1) is 0 Å². The number of halogens is 1. The van der Waals surface area contributed by atoms with E-state index in [9.17, 15) is 4.79 Å². The predicted molar refractivity (Wildman–Crippen MR) is 85.8 cm³/mol. The van der Waals surface area contributed by atoms with Crippen LogP contribution in [-0.2, 0) is 4.74 Å². The van der Waals surface area contributed by atoms with Crippen LogP contribution in [-0.4, -0.2) is 28.8 Å². The highest BCUT2D eigenvalue weighted by Gasteiger charge is 2.49. The maximum atomic E-state index is 12.4. The Morgan fingerprint density at radius 3 is 2.57 bits per heavy atom. The Morgan fingerprint density at radius 1 is 1.26 bits per heavy atom. The van der Waals surface area contributed by atoms with Crippen LogP contribution in [0.15, 0.2) is 36.5 Å². The number of cyclic esters (lactones) is 1. The molecule has 6 nitrogen and oxygen atoms in total. The molecule has 0 bridgehead atoms.